The number of hydrogen-bond donors (Lipinski definition) is 2. The average molecular weight is 231 g/mol. The lowest BCUT2D eigenvalue weighted by Crippen LogP contribution is -2.45. The van der Waals surface area contributed by atoms with Crippen molar-refractivity contribution in [1.29, 1.82) is 0 Å². The molecule has 0 spiro atoms. The number of methoxy groups -OCH3 is 1. The minimum atomic E-state index is 0.207. The van der Waals surface area contributed by atoms with Gasteiger partial charge in [0, 0.05) is 32.4 Å². The number of aliphatic hydroxyl groups is 1. The van der Waals surface area contributed by atoms with Gasteiger partial charge in [-0.3, -0.25) is 0 Å². The van der Waals surface area contributed by atoms with Crippen LogP contribution in [0.25, 0.3) is 0 Å². The Bertz CT molecular complexity index is 166. The zero-order valence-corrected chi connectivity index (χ0v) is 10.4. The summed E-state index contributed by atoms with van der Waals surface area (Å²) in [6.07, 6.45) is 2.99. The molecule has 0 aliphatic carbocycles. The average Bonchev–Trinajstić information content (AvgIpc) is 2.79. The van der Waals surface area contributed by atoms with Crippen LogP contribution in [0.5, 0.6) is 0 Å². The van der Waals surface area contributed by atoms with Crippen molar-refractivity contribution in [3.8, 4) is 0 Å². The molecule has 0 aromatic heterocycles. The van der Waals surface area contributed by atoms with E-state index < -0.39 is 0 Å². The van der Waals surface area contributed by atoms with Gasteiger partial charge in [0.15, 0.2) is 0 Å². The van der Waals surface area contributed by atoms with Gasteiger partial charge >= 0.3 is 0 Å². The molecule has 3 unspecified atom stereocenters. The van der Waals surface area contributed by atoms with Crippen molar-refractivity contribution >= 4 is 0 Å². The van der Waals surface area contributed by atoms with Crippen molar-refractivity contribution < 1.29 is 14.6 Å². The molecular formula is C12H25NO3. The molecule has 0 aromatic carbocycles. The van der Waals surface area contributed by atoms with Gasteiger partial charge in [-0.15, -0.1) is 0 Å². The summed E-state index contributed by atoms with van der Waals surface area (Å²) in [5.74, 6) is 0.614. The summed E-state index contributed by atoms with van der Waals surface area (Å²) in [7, 11) is 1.70. The maximum Gasteiger partial charge on any atom is 0.0616 e. The summed E-state index contributed by atoms with van der Waals surface area (Å²) in [6, 6.07) is 0.731. The van der Waals surface area contributed by atoms with E-state index in [0.717, 1.165) is 32.5 Å². The van der Waals surface area contributed by atoms with Crippen LogP contribution in [0.1, 0.15) is 26.2 Å². The van der Waals surface area contributed by atoms with Gasteiger partial charge in [0.05, 0.1) is 13.2 Å². The lowest BCUT2D eigenvalue weighted by Gasteiger charge is -2.27. The zero-order chi connectivity index (χ0) is 11.8. The van der Waals surface area contributed by atoms with Crippen molar-refractivity contribution in [2.75, 3.05) is 33.5 Å². The van der Waals surface area contributed by atoms with Gasteiger partial charge in [0.2, 0.25) is 0 Å². The predicted octanol–water partition coefficient (Wildman–Crippen LogP) is 0.788. The smallest absolute Gasteiger partial charge is 0.0616 e. The van der Waals surface area contributed by atoms with E-state index in [4.69, 9.17) is 14.6 Å². The number of aliphatic hydroxyl groups excluding tert-OH is 1. The Balaban J connectivity index is 2.38. The summed E-state index contributed by atoms with van der Waals surface area (Å²) < 4.78 is 10.6. The van der Waals surface area contributed by atoms with Crippen LogP contribution < -0.4 is 5.32 Å². The van der Waals surface area contributed by atoms with Gasteiger partial charge in [-0.05, 0) is 25.2 Å². The van der Waals surface area contributed by atoms with Crippen molar-refractivity contribution in [1.82, 2.24) is 5.32 Å². The largest absolute Gasteiger partial charge is 0.396 e. The van der Waals surface area contributed by atoms with E-state index in [0.29, 0.717) is 18.6 Å². The third-order valence-electron chi connectivity index (χ3n) is 3.27. The molecule has 1 heterocycles. The number of hydrogen-bond acceptors (Lipinski definition) is 4. The Hall–Kier alpha value is -0.160. The molecule has 0 amide bonds. The lowest BCUT2D eigenvalue weighted by atomic mass is 9.95. The highest BCUT2D eigenvalue weighted by Gasteiger charge is 2.26. The number of rotatable bonds is 8. The molecule has 2 N–H and O–H groups in total. The predicted molar refractivity (Wildman–Crippen MR) is 63.5 cm³/mol. The molecule has 0 saturated carbocycles. The van der Waals surface area contributed by atoms with Crippen molar-refractivity contribution in [3.63, 3.8) is 0 Å². The summed E-state index contributed by atoms with van der Waals surface area (Å²) in [6.45, 7) is 4.81. The normalized spacial score (nSPS) is 24.6. The fourth-order valence-electron chi connectivity index (χ4n) is 2.33. The second-order valence-corrected chi connectivity index (χ2v) is 4.47. The van der Waals surface area contributed by atoms with Crippen molar-refractivity contribution in [3.05, 3.63) is 0 Å². The quantitative estimate of drug-likeness (QED) is 0.648. The van der Waals surface area contributed by atoms with Gasteiger partial charge in [-0.1, -0.05) is 6.92 Å². The van der Waals surface area contributed by atoms with Crippen LogP contribution in [-0.2, 0) is 9.47 Å². The van der Waals surface area contributed by atoms with Crippen LogP contribution in [0.15, 0.2) is 0 Å². The molecular weight excluding hydrogens is 206 g/mol. The first-order chi connectivity index (χ1) is 7.81. The van der Waals surface area contributed by atoms with Crippen LogP contribution in [0.4, 0.5) is 0 Å². The second-order valence-electron chi connectivity index (χ2n) is 4.47. The standard InChI is InChI=1S/C12H25NO3/c1-3-12(10-5-7-16-8-10)13-11(4-6-14)9-15-2/h10-14H,3-9H2,1-2H3. The maximum absolute atomic E-state index is 8.99. The lowest BCUT2D eigenvalue weighted by molar-refractivity contribution is 0.129. The molecule has 0 radical (unpaired) electrons. The topological polar surface area (TPSA) is 50.7 Å². The first-order valence-electron chi connectivity index (χ1n) is 6.25. The monoisotopic (exact) mass is 231 g/mol. The van der Waals surface area contributed by atoms with Gasteiger partial charge in [0.25, 0.3) is 0 Å². The fourth-order valence-corrected chi connectivity index (χ4v) is 2.33. The Labute approximate surface area is 98.3 Å². The highest BCUT2D eigenvalue weighted by Crippen LogP contribution is 2.19. The molecule has 3 atom stereocenters. The van der Waals surface area contributed by atoms with Crippen LogP contribution in [0, 0.1) is 5.92 Å². The third-order valence-corrected chi connectivity index (χ3v) is 3.27. The summed E-state index contributed by atoms with van der Waals surface area (Å²) in [5.41, 5.74) is 0. The fraction of sp³-hybridized carbons (Fsp3) is 1.00. The minimum absolute atomic E-state index is 0.207. The first-order valence-corrected chi connectivity index (χ1v) is 6.25. The molecule has 1 rings (SSSR count). The number of nitrogens with one attached hydrogen (secondary N) is 1. The van der Waals surface area contributed by atoms with E-state index in [1.807, 2.05) is 0 Å². The van der Waals surface area contributed by atoms with Gasteiger partial charge in [0.1, 0.15) is 0 Å². The maximum atomic E-state index is 8.99. The van der Waals surface area contributed by atoms with Crippen LogP contribution in [0.2, 0.25) is 0 Å². The molecule has 4 nitrogen and oxygen atoms in total. The summed E-state index contributed by atoms with van der Waals surface area (Å²) in [4.78, 5) is 0. The van der Waals surface area contributed by atoms with E-state index in [1.165, 1.54) is 0 Å². The Morgan fingerprint density at radius 2 is 2.38 bits per heavy atom. The van der Waals surface area contributed by atoms with E-state index in [2.05, 4.69) is 12.2 Å². The minimum Gasteiger partial charge on any atom is -0.396 e. The molecule has 1 saturated heterocycles. The highest BCUT2D eigenvalue weighted by atomic mass is 16.5. The van der Waals surface area contributed by atoms with Crippen LogP contribution in [0.3, 0.4) is 0 Å². The molecule has 4 heteroatoms. The van der Waals surface area contributed by atoms with Gasteiger partial charge in [-0.2, -0.15) is 0 Å². The molecule has 1 aliphatic heterocycles. The molecule has 96 valence electrons. The summed E-state index contributed by atoms with van der Waals surface area (Å²) >= 11 is 0. The van der Waals surface area contributed by atoms with E-state index in [9.17, 15) is 0 Å². The van der Waals surface area contributed by atoms with E-state index in [-0.39, 0.29) is 12.6 Å². The molecule has 1 aliphatic rings. The van der Waals surface area contributed by atoms with Gasteiger partial charge in [-0.25, -0.2) is 0 Å². The summed E-state index contributed by atoms with van der Waals surface area (Å²) in [5, 5.41) is 12.6. The Morgan fingerprint density at radius 1 is 1.56 bits per heavy atom. The third kappa shape index (κ3) is 4.37. The second kappa shape index (κ2) is 8.01. The molecule has 1 fully saturated rings. The van der Waals surface area contributed by atoms with E-state index >= 15 is 0 Å². The SMILES string of the molecule is CCC(NC(CCO)COC)C1CCOC1. The number of ether oxygens (including phenoxy) is 2. The molecule has 0 bridgehead atoms. The molecule has 16 heavy (non-hydrogen) atoms. The Morgan fingerprint density at radius 3 is 2.88 bits per heavy atom. The van der Waals surface area contributed by atoms with Crippen LogP contribution >= 0.6 is 0 Å². The molecule has 0 aromatic rings. The van der Waals surface area contributed by atoms with E-state index in [1.54, 1.807) is 7.11 Å². The Kier molecular flexibility index (Phi) is 6.96. The van der Waals surface area contributed by atoms with Gasteiger partial charge < -0.3 is 19.9 Å². The highest BCUT2D eigenvalue weighted by molar-refractivity contribution is 4.81. The first kappa shape index (κ1) is 13.9. The van der Waals surface area contributed by atoms with Crippen LogP contribution in [-0.4, -0.2) is 50.7 Å². The zero-order valence-electron chi connectivity index (χ0n) is 10.4. The van der Waals surface area contributed by atoms with Crippen molar-refractivity contribution in [2.24, 2.45) is 5.92 Å². The van der Waals surface area contributed by atoms with Crippen molar-refractivity contribution in [2.45, 2.75) is 38.3 Å².